The average molecular weight is 412 g/mol. The monoisotopic (exact) mass is 412 g/mol. The van der Waals surface area contributed by atoms with Gasteiger partial charge in [-0.2, -0.15) is 23.3 Å². The molecule has 15 heavy (non-hydrogen) atoms. The molecule has 0 aliphatic heterocycles. The Morgan fingerprint density at radius 2 is 1.93 bits per heavy atom. The van der Waals surface area contributed by atoms with Crippen molar-refractivity contribution in [2.75, 3.05) is 0 Å². The van der Waals surface area contributed by atoms with Gasteiger partial charge in [0.05, 0.1) is 0 Å². The van der Waals surface area contributed by atoms with Crippen molar-refractivity contribution in [3.05, 3.63) is 42.0 Å². The summed E-state index contributed by atoms with van der Waals surface area (Å²) < 4.78 is 0. The molecule has 0 bridgehead atoms. The fourth-order valence-electron chi connectivity index (χ4n) is 1.60. The average Bonchev–Trinajstić information content (AvgIpc) is 2.04. The normalized spacial score (nSPS) is 10.8. The fraction of sp³-hybridized carbons (Fsp3) is 0.364. The fourth-order valence-corrected chi connectivity index (χ4v) is 1.60. The summed E-state index contributed by atoms with van der Waals surface area (Å²) in [4.78, 5) is 0. The summed E-state index contributed by atoms with van der Waals surface area (Å²) >= 11 is 3.92. The summed E-state index contributed by atoms with van der Waals surface area (Å²) in [6.45, 7) is 5.88. The second-order valence-corrected chi connectivity index (χ2v) is 3.19. The van der Waals surface area contributed by atoms with Crippen LogP contribution in [0.15, 0.2) is 6.07 Å². The van der Waals surface area contributed by atoms with E-state index in [2.05, 4.69) is 20.1 Å². The zero-order valence-corrected chi connectivity index (χ0v) is 13.9. The number of aryl methyl sites for hydroxylation is 2. The Hall–Kier alpha value is 0.253. The van der Waals surface area contributed by atoms with Gasteiger partial charge in [0.15, 0.2) is 0 Å². The standard InChI is InChI=1S/C10H14N2.CH3.V.W/c1-6-4-9(12)5-7(2)10(6)8(3)11;;;/h4,8,12H,11H2,1-3H3;1H3;;/q-2;-1;+2;. The molecule has 1 aromatic carbocycles. The van der Waals surface area contributed by atoms with Crippen LogP contribution in [-0.2, 0) is 30.9 Å². The predicted molar refractivity (Wildman–Crippen MR) is 57.8 cm³/mol. The molecule has 0 spiro atoms. The van der Waals surface area contributed by atoms with Crippen LogP contribution in [0.3, 0.4) is 0 Å². The summed E-state index contributed by atoms with van der Waals surface area (Å²) in [5, 5.41) is 0. The van der Waals surface area contributed by atoms with Crippen molar-refractivity contribution in [2.24, 2.45) is 5.73 Å². The molecule has 1 atom stereocenters. The molecule has 0 fully saturated rings. The molecule has 0 saturated carbocycles. The molecule has 0 aromatic heterocycles. The molecular formula is C11H17N2VW-. The molecule has 0 radical (unpaired) electrons. The Morgan fingerprint density at radius 1 is 1.47 bits per heavy atom. The minimum absolute atomic E-state index is 0. The van der Waals surface area contributed by atoms with Crippen molar-refractivity contribution in [1.82, 2.24) is 0 Å². The van der Waals surface area contributed by atoms with Crippen LogP contribution in [0, 0.1) is 27.3 Å². The summed E-state index contributed by atoms with van der Waals surface area (Å²) in [7, 11) is 0. The van der Waals surface area contributed by atoms with Gasteiger partial charge in [-0.05, 0) is 6.04 Å². The zero-order valence-electron chi connectivity index (χ0n) is 9.59. The molecule has 0 amide bonds. The van der Waals surface area contributed by atoms with Crippen LogP contribution in [0.4, 0.5) is 5.69 Å². The van der Waals surface area contributed by atoms with E-state index in [1.165, 1.54) is 16.8 Å². The third-order valence-corrected chi connectivity index (χ3v) is 1.97. The van der Waals surface area contributed by atoms with Crippen molar-refractivity contribution in [1.29, 1.82) is 0 Å². The SMILES string of the molecule is Cc1[c-]c([NH-])cc(C)c1C(C)N.[CH3-].[V+2]=[W]. The van der Waals surface area contributed by atoms with Crippen molar-refractivity contribution in [2.45, 2.75) is 26.8 Å². The minimum atomic E-state index is 0. The summed E-state index contributed by atoms with van der Waals surface area (Å²) in [5.41, 5.74) is 16.8. The molecular weight excluding hydrogens is 395 g/mol. The van der Waals surface area contributed by atoms with E-state index in [9.17, 15) is 0 Å². The third-order valence-electron chi connectivity index (χ3n) is 1.97. The van der Waals surface area contributed by atoms with Crippen LogP contribution in [0.25, 0.3) is 5.73 Å². The quantitative estimate of drug-likeness (QED) is 0.708. The van der Waals surface area contributed by atoms with Crippen LogP contribution in [0.5, 0.6) is 0 Å². The first-order valence-electron chi connectivity index (χ1n) is 4.21. The van der Waals surface area contributed by atoms with E-state index in [4.69, 9.17) is 11.5 Å². The van der Waals surface area contributed by atoms with E-state index in [-0.39, 0.29) is 13.5 Å². The van der Waals surface area contributed by atoms with Crippen LogP contribution in [-0.4, -0.2) is 0 Å². The van der Waals surface area contributed by atoms with Gasteiger partial charge in [0.2, 0.25) is 0 Å². The maximum absolute atomic E-state index is 7.42. The number of nitrogens with one attached hydrogen (secondary N) is 1. The molecule has 4 heteroatoms. The number of nitrogens with two attached hydrogens (primary N) is 1. The number of benzene rings is 1. The Bertz CT molecular complexity index is 290. The maximum atomic E-state index is 7.42. The van der Waals surface area contributed by atoms with Crippen LogP contribution < -0.4 is 5.73 Å². The van der Waals surface area contributed by atoms with Gasteiger partial charge in [0.25, 0.3) is 0 Å². The Morgan fingerprint density at radius 3 is 2.27 bits per heavy atom. The Labute approximate surface area is 111 Å². The van der Waals surface area contributed by atoms with Crippen molar-refractivity contribution in [3.8, 4) is 0 Å². The molecule has 83 valence electrons. The number of hydrogen-bond acceptors (Lipinski definition) is 1. The van der Waals surface area contributed by atoms with Gasteiger partial charge in [-0.25, -0.2) is 0 Å². The van der Waals surface area contributed by atoms with Crippen LogP contribution in [0.2, 0.25) is 0 Å². The van der Waals surface area contributed by atoms with E-state index >= 15 is 0 Å². The topological polar surface area (TPSA) is 49.8 Å². The third kappa shape index (κ3) is 5.22. The van der Waals surface area contributed by atoms with Crippen molar-refractivity contribution < 1.29 is 30.9 Å². The number of rotatable bonds is 1. The Balaban J connectivity index is 0. The van der Waals surface area contributed by atoms with Crippen LogP contribution in [0.1, 0.15) is 29.7 Å². The molecule has 3 N–H and O–H groups in total. The first kappa shape index (κ1) is 17.6. The van der Waals surface area contributed by atoms with Gasteiger partial charge in [-0.15, -0.1) is 5.56 Å². The second-order valence-electron chi connectivity index (χ2n) is 3.19. The van der Waals surface area contributed by atoms with Gasteiger partial charge >= 0.3 is 30.9 Å². The van der Waals surface area contributed by atoms with Gasteiger partial charge in [0, 0.05) is 0 Å². The van der Waals surface area contributed by atoms with Gasteiger partial charge < -0.3 is 18.9 Å². The van der Waals surface area contributed by atoms with E-state index < -0.39 is 0 Å². The van der Waals surface area contributed by atoms with E-state index in [1.54, 1.807) is 6.07 Å². The second kappa shape index (κ2) is 8.41. The molecule has 1 unspecified atom stereocenters. The summed E-state index contributed by atoms with van der Waals surface area (Å²) in [6, 6.07) is 4.77. The van der Waals surface area contributed by atoms with Gasteiger partial charge in [0.1, 0.15) is 0 Å². The van der Waals surface area contributed by atoms with Crippen molar-refractivity contribution in [3.63, 3.8) is 0 Å². The molecule has 1 aromatic rings. The van der Waals surface area contributed by atoms with E-state index in [1.807, 2.05) is 20.8 Å². The number of hydrogen-bond donors (Lipinski definition) is 1. The zero-order chi connectivity index (χ0) is 11.3. The van der Waals surface area contributed by atoms with E-state index in [0.717, 1.165) is 16.7 Å². The molecule has 1 rings (SSSR count). The molecule has 0 saturated heterocycles. The summed E-state index contributed by atoms with van der Waals surface area (Å²) in [6.07, 6.45) is 0. The first-order chi connectivity index (χ1) is 6.52. The van der Waals surface area contributed by atoms with Crippen LogP contribution >= 0.6 is 0 Å². The summed E-state index contributed by atoms with van der Waals surface area (Å²) in [5.74, 6) is 0. The van der Waals surface area contributed by atoms with Gasteiger partial charge in [-0.3, -0.25) is 5.69 Å². The molecule has 2 nitrogen and oxygen atoms in total. The predicted octanol–water partition coefficient (Wildman–Crippen LogP) is 3.25. The first-order valence-corrected chi connectivity index (χ1v) is 10.2. The molecule has 0 aliphatic rings. The molecule has 0 heterocycles. The van der Waals surface area contributed by atoms with E-state index in [0.29, 0.717) is 5.69 Å². The molecule has 0 aliphatic carbocycles. The van der Waals surface area contributed by atoms with Crippen molar-refractivity contribution >= 4 is 5.69 Å². The van der Waals surface area contributed by atoms with Gasteiger partial charge in [-0.1, -0.05) is 20.8 Å². The Kier molecular flexibility index (Phi) is 9.89.